The van der Waals surface area contributed by atoms with E-state index in [1.807, 2.05) is 24.3 Å². The first-order valence-electron chi connectivity index (χ1n) is 8.67. The van der Waals surface area contributed by atoms with E-state index in [1.165, 1.54) is 6.92 Å². The van der Waals surface area contributed by atoms with E-state index in [-0.39, 0.29) is 25.1 Å². The maximum absolute atomic E-state index is 11.7. The summed E-state index contributed by atoms with van der Waals surface area (Å²) in [6.07, 6.45) is 0. The number of hydrogen-bond acceptors (Lipinski definition) is 4. The van der Waals surface area contributed by atoms with Crippen LogP contribution in [0.3, 0.4) is 0 Å². The van der Waals surface area contributed by atoms with E-state index in [0.29, 0.717) is 18.0 Å². The molecule has 146 valence electrons. The van der Waals surface area contributed by atoms with Crippen LogP contribution in [0.5, 0.6) is 11.5 Å². The van der Waals surface area contributed by atoms with Gasteiger partial charge in [0, 0.05) is 25.2 Å². The van der Waals surface area contributed by atoms with Crippen molar-refractivity contribution in [2.24, 2.45) is 0 Å². The first-order valence-corrected chi connectivity index (χ1v) is 8.67. The van der Waals surface area contributed by atoms with Gasteiger partial charge in [-0.05, 0) is 29.8 Å². The molecule has 2 rings (SSSR count). The number of benzene rings is 2. The minimum atomic E-state index is -0.297. The molecule has 0 fully saturated rings. The van der Waals surface area contributed by atoms with Crippen LogP contribution in [0, 0.1) is 11.8 Å². The van der Waals surface area contributed by atoms with Crippen molar-refractivity contribution in [3.05, 3.63) is 54.1 Å². The van der Waals surface area contributed by atoms with E-state index in [9.17, 15) is 9.59 Å². The van der Waals surface area contributed by atoms with Gasteiger partial charge >= 0.3 is 6.03 Å². The fraction of sp³-hybridized carbons (Fsp3) is 0.238. The Labute approximate surface area is 164 Å². The molecule has 0 radical (unpaired) electrons. The Morgan fingerprint density at radius 2 is 1.79 bits per heavy atom. The monoisotopic (exact) mass is 381 g/mol. The Morgan fingerprint density at radius 1 is 1.00 bits per heavy atom. The highest BCUT2D eigenvalue weighted by atomic mass is 16.5. The predicted octanol–water partition coefficient (Wildman–Crippen LogP) is 2.54. The molecule has 0 aromatic heterocycles. The Kier molecular flexibility index (Phi) is 8.21. The topological polar surface area (TPSA) is 88.7 Å². The molecular formula is C21H23N3O4. The normalized spacial score (nSPS) is 9.50. The van der Waals surface area contributed by atoms with Crippen LogP contribution >= 0.6 is 0 Å². The van der Waals surface area contributed by atoms with Gasteiger partial charge in [-0.3, -0.25) is 4.79 Å². The van der Waals surface area contributed by atoms with Crippen molar-refractivity contribution in [3.63, 3.8) is 0 Å². The Hall–Kier alpha value is -3.66. The maximum atomic E-state index is 11.7. The molecule has 7 heteroatoms. The summed E-state index contributed by atoms with van der Waals surface area (Å²) in [5.74, 6) is 6.86. The zero-order valence-electron chi connectivity index (χ0n) is 15.9. The van der Waals surface area contributed by atoms with Crippen LogP contribution in [-0.2, 0) is 11.3 Å². The lowest BCUT2D eigenvalue weighted by molar-refractivity contribution is -0.114. The summed E-state index contributed by atoms with van der Waals surface area (Å²) in [6.45, 7) is 2.25. The quantitative estimate of drug-likeness (QED) is 0.643. The number of anilines is 1. The smallest absolute Gasteiger partial charge is 0.315 e. The highest BCUT2D eigenvalue weighted by Gasteiger charge is 2.00. The van der Waals surface area contributed by atoms with Crippen LogP contribution in [-0.4, -0.2) is 32.2 Å². The van der Waals surface area contributed by atoms with Crippen LogP contribution in [0.15, 0.2) is 48.5 Å². The highest BCUT2D eigenvalue weighted by molar-refractivity contribution is 5.88. The predicted molar refractivity (Wildman–Crippen MR) is 107 cm³/mol. The summed E-state index contributed by atoms with van der Waals surface area (Å²) in [4.78, 5) is 22.8. The second-order valence-corrected chi connectivity index (χ2v) is 5.74. The average Bonchev–Trinajstić information content (AvgIpc) is 2.69. The number of hydrogen-bond donors (Lipinski definition) is 3. The molecule has 0 saturated carbocycles. The van der Waals surface area contributed by atoms with Crippen LogP contribution < -0.4 is 25.4 Å². The van der Waals surface area contributed by atoms with E-state index in [4.69, 9.17) is 9.47 Å². The fourth-order valence-corrected chi connectivity index (χ4v) is 2.21. The van der Waals surface area contributed by atoms with Gasteiger partial charge in [0.25, 0.3) is 0 Å². The van der Waals surface area contributed by atoms with Crippen LogP contribution in [0.2, 0.25) is 0 Å². The standard InChI is InChI=1S/C21H23N3O4/c1-16(25)24-18-6-5-7-20(14-18)28-13-4-3-12-22-21(26)23-15-17-8-10-19(27-2)11-9-17/h5-11,14H,12-13,15H2,1-2H3,(H,24,25)(H2,22,23,26). The molecule has 0 atom stereocenters. The third-order valence-electron chi connectivity index (χ3n) is 3.54. The Morgan fingerprint density at radius 3 is 2.50 bits per heavy atom. The van der Waals surface area contributed by atoms with Crippen LogP contribution in [0.1, 0.15) is 12.5 Å². The molecule has 7 nitrogen and oxygen atoms in total. The molecule has 0 bridgehead atoms. The molecule has 0 aliphatic heterocycles. The summed E-state index contributed by atoms with van der Waals surface area (Å²) in [6, 6.07) is 14.2. The number of urea groups is 1. The number of carbonyl (C=O) groups excluding carboxylic acids is 2. The fourth-order valence-electron chi connectivity index (χ4n) is 2.21. The van der Waals surface area contributed by atoms with E-state index in [1.54, 1.807) is 31.4 Å². The molecule has 0 saturated heterocycles. The molecule has 3 amide bonds. The Bertz CT molecular complexity index is 854. The number of carbonyl (C=O) groups is 2. The first kappa shape index (κ1) is 20.6. The van der Waals surface area contributed by atoms with Gasteiger partial charge in [0.2, 0.25) is 5.91 Å². The maximum Gasteiger partial charge on any atom is 0.315 e. The molecule has 0 heterocycles. The molecule has 0 unspecified atom stereocenters. The van der Waals surface area contributed by atoms with Gasteiger partial charge in [-0.25, -0.2) is 4.79 Å². The SMILES string of the molecule is COc1ccc(CNC(=O)NCC#CCOc2cccc(NC(C)=O)c2)cc1. The van der Waals surface area contributed by atoms with Crippen molar-refractivity contribution < 1.29 is 19.1 Å². The van der Waals surface area contributed by atoms with Gasteiger partial charge in [-0.1, -0.05) is 30.0 Å². The minimum Gasteiger partial charge on any atom is -0.497 e. The molecule has 28 heavy (non-hydrogen) atoms. The van der Waals surface area contributed by atoms with Crippen molar-refractivity contribution in [2.45, 2.75) is 13.5 Å². The lowest BCUT2D eigenvalue weighted by Crippen LogP contribution is -2.35. The molecule has 3 N–H and O–H groups in total. The summed E-state index contributed by atoms with van der Waals surface area (Å²) < 4.78 is 10.6. The highest BCUT2D eigenvalue weighted by Crippen LogP contribution is 2.17. The molecule has 0 spiro atoms. The summed E-state index contributed by atoms with van der Waals surface area (Å²) >= 11 is 0. The summed E-state index contributed by atoms with van der Waals surface area (Å²) in [5, 5.41) is 8.09. The third-order valence-corrected chi connectivity index (χ3v) is 3.54. The minimum absolute atomic E-state index is 0.145. The number of methoxy groups -OCH3 is 1. The molecule has 0 aliphatic rings. The average molecular weight is 381 g/mol. The van der Waals surface area contributed by atoms with E-state index >= 15 is 0 Å². The lowest BCUT2D eigenvalue weighted by Gasteiger charge is -2.06. The molecule has 0 aliphatic carbocycles. The van der Waals surface area contributed by atoms with E-state index in [2.05, 4.69) is 27.8 Å². The zero-order chi connectivity index (χ0) is 20.2. The second-order valence-electron chi connectivity index (χ2n) is 5.74. The second kappa shape index (κ2) is 11.1. The largest absolute Gasteiger partial charge is 0.497 e. The van der Waals surface area contributed by atoms with Gasteiger partial charge in [0.1, 0.15) is 18.1 Å². The zero-order valence-corrected chi connectivity index (χ0v) is 15.9. The van der Waals surface area contributed by atoms with Gasteiger partial charge in [0.05, 0.1) is 13.7 Å². The van der Waals surface area contributed by atoms with Crippen LogP contribution in [0.4, 0.5) is 10.5 Å². The van der Waals surface area contributed by atoms with Crippen molar-refractivity contribution in [3.8, 4) is 23.3 Å². The van der Waals surface area contributed by atoms with Crippen LogP contribution in [0.25, 0.3) is 0 Å². The number of amides is 3. The van der Waals surface area contributed by atoms with Gasteiger partial charge in [0.15, 0.2) is 0 Å². The van der Waals surface area contributed by atoms with Gasteiger partial charge < -0.3 is 25.4 Å². The van der Waals surface area contributed by atoms with Crippen molar-refractivity contribution in [1.29, 1.82) is 0 Å². The summed E-state index contributed by atoms with van der Waals surface area (Å²) in [7, 11) is 1.61. The first-order chi connectivity index (χ1) is 13.6. The molecular weight excluding hydrogens is 358 g/mol. The molecule has 2 aromatic carbocycles. The van der Waals surface area contributed by atoms with E-state index < -0.39 is 0 Å². The lowest BCUT2D eigenvalue weighted by atomic mass is 10.2. The number of ether oxygens (including phenoxy) is 2. The number of rotatable bonds is 7. The number of nitrogens with one attached hydrogen (secondary N) is 3. The summed E-state index contributed by atoms with van der Waals surface area (Å²) in [5.41, 5.74) is 1.63. The van der Waals surface area contributed by atoms with Gasteiger partial charge in [-0.15, -0.1) is 0 Å². The van der Waals surface area contributed by atoms with Gasteiger partial charge in [-0.2, -0.15) is 0 Å². The third kappa shape index (κ3) is 7.70. The molecule has 2 aromatic rings. The Balaban J connectivity index is 1.64. The van der Waals surface area contributed by atoms with Crippen molar-refractivity contribution in [2.75, 3.05) is 25.6 Å². The van der Waals surface area contributed by atoms with E-state index in [0.717, 1.165) is 11.3 Å². The van der Waals surface area contributed by atoms with Crippen molar-refractivity contribution in [1.82, 2.24) is 10.6 Å². The van der Waals surface area contributed by atoms with Crippen molar-refractivity contribution >= 4 is 17.6 Å².